The van der Waals surface area contributed by atoms with Crippen LogP contribution in [0.15, 0.2) is 24.5 Å². The van der Waals surface area contributed by atoms with E-state index in [4.69, 9.17) is 0 Å². The van der Waals surface area contributed by atoms with Crippen LogP contribution in [0.25, 0.3) is 5.65 Å². The molecule has 2 rings (SSSR count). The van der Waals surface area contributed by atoms with Crippen LogP contribution in [-0.2, 0) is 20.3 Å². The van der Waals surface area contributed by atoms with E-state index in [2.05, 4.69) is 9.72 Å². The van der Waals surface area contributed by atoms with Gasteiger partial charge in [0.1, 0.15) is 5.65 Å². The topological polar surface area (TPSA) is 77.7 Å². The molecule has 0 atom stereocenters. The van der Waals surface area contributed by atoms with Crippen molar-refractivity contribution < 1.29 is 17.9 Å². The van der Waals surface area contributed by atoms with E-state index in [1.54, 1.807) is 16.5 Å². The van der Waals surface area contributed by atoms with Gasteiger partial charge in [0.2, 0.25) is 0 Å². The number of hydrogen-bond donors (Lipinski definition) is 0. The second-order valence-corrected chi connectivity index (χ2v) is 6.10. The molecule has 7 heteroatoms. The number of carbonyl (C=O) groups is 1. The zero-order chi connectivity index (χ0) is 13.3. The summed E-state index contributed by atoms with van der Waals surface area (Å²) in [7, 11) is -1.86. The first-order valence-electron chi connectivity index (χ1n) is 5.13. The van der Waals surface area contributed by atoms with Crippen molar-refractivity contribution in [3.8, 4) is 0 Å². The summed E-state index contributed by atoms with van der Waals surface area (Å²) in [4.78, 5) is 15.5. The van der Waals surface area contributed by atoms with Gasteiger partial charge in [0.15, 0.2) is 9.84 Å². The number of nitrogens with zero attached hydrogens (tertiary/aromatic N) is 2. The molecule has 2 aromatic heterocycles. The molecule has 0 spiro atoms. The minimum atomic E-state index is -3.15. The number of pyridine rings is 1. The molecule has 2 aromatic rings. The van der Waals surface area contributed by atoms with Crippen LogP contribution in [0.2, 0.25) is 0 Å². The van der Waals surface area contributed by atoms with E-state index >= 15 is 0 Å². The number of methoxy groups -OCH3 is 1. The number of esters is 1. The molecular formula is C11H12N2O4S. The highest BCUT2D eigenvalue weighted by Gasteiger charge is 2.12. The third kappa shape index (κ3) is 2.51. The van der Waals surface area contributed by atoms with Crippen molar-refractivity contribution >= 4 is 21.5 Å². The second-order valence-electron chi connectivity index (χ2n) is 3.96. The van der Waals surface area contributed by atoms with Crippen molar-refractivity contribution in [1.29, 1.82) is 0 Å². The van der Waals surface area contributed by atoms with Crippen LogP contribution in [0.1, 0.15) is 16.1 Å². The molecule has 0 amide bonds. The van der Waals surface area contributed by atoms with Gasteiger partial charge in [0.25, 0.3) is 0 Å². The van der Waals surface area contributed by atoms with Crippen molar-refractivity contribution in [2.45, 2.75) is 5.75 Å². The summed E-state index contributed by atoms with van der Waals surface area (Å²) in [6.45, 7) is 0. The molecule has 0 unspecified atom stereocenters. The molecule has 0 aliphatic rings. The Bertz CT molecular complexity index is 703. The lowest BCUT2D eigenvalue weighted by Crippen LogP contribution is -2.06. The highest BCUT2D eigenvalue weighted by molar-refractivity contribution is 7.89. The average molecular weight is 268 g/mol. The fraction of sp³-hybridized carbons (Fsp3) is 0.273. The molecule has 0 bridgehead atoms. The second kappa shape index (κ2) is 4.41. The highest BCUT2D eigenvalue weighted by atomic mass is 32.2. The van der Waals surface area contributed by atoms with Gasteiger partial charge in [-0.3, -0.25) is 0 Å². The molecule has 18 heavy (non-hydrogen) atoms. The SMILES string of the molecule is COC(=O)c1ccc2ncc(CS(C)(=O)=O)n2c1. The van der Waals surface area contributed by atoms with Crippen LogP contribution < -0.4 is 0 Å². The van der Waals surface area contributed by atoms with Crippen LogP contribution in [0, 0.1) is 0 Å². The normalized spacial score (nSPS) is 11.7. The molecule has 0 fully saturated rings. The number of ether oxygens (including phenoxy) is 1. The average Bonchev–Trinajstić information content (AvgIpc) is 2.68. The van der Waals surface area contributed by atoms with E-state index in [1.165, 1.54) is 19.5 Å². The van der Waals surface area contributed by atoms with Crippen molar-refractivity contribution in [2.24, 2.45) is 0 Å². The van der Waals surface area contributed by atoms with Gasteiger partial charge < -0.3 is 9.14 Å². The number of aromatic nitrogens is 2. The zero-order valence-corrected chi connectivity index (χ0v) is 10.8. The van der Waals surface area contributed by atoms with Gasteiger partial charge >= 0.3 is 5.97 Å². The summed E-state index contributed by atoms with van der Waals surface area (Å²) >= 11 is 0. The minimum Gasteiger partial charge on any atom is -0.465 e. The number of rotatable bonds is 3. The molecule has 0 radical (unpaired) electrons. The van der Waals surface area contributed by atoms with E-state index < -0.39 is 15.8 Å². The summed E-state index contributed by atoms with van der Waals surface area (Å²) in [5, 5.41) is 0. The summed E-state index contributed by atoms with van der Waals surface area (Å²) in [6.07, 6.45) is 4.16. The lowest BCUT2D eigenvalue weighted by atomic mass is 10.3. The molecule has 0 N–H and O–H groups in total. The summed E-state index contributed by atoms with van der Waals surface area (Å²) in [5.41, 5.74) is 1.44. The highest BCUT2D eigenvalue weighted by Crippen LogP contribution is 2.12. The van der Waals surface area contributed by atoms with Crippen molar-refractivity contribution in [3.05, 3.63) is 35.8 Å². The predicted molar refractivity (Wildman–Crippen MR) is 65.1 cm³/mol. The van der Waals surface area contributed by atoms with Crippen LogP contribution >= 0.6 is 0 Å². The standard InChI is InChI=1S/C11H12N2O4S/c1-17-11(14)8-3-4-10-12-5-9(13(10)6-8)7-18(2,15)16/h3-6H,7H2,1-2H3. The number of imidazole rings is 1. The number of carbonyl (C=O) groups excluding carboxylic acids is 1. The van der Waals surface area contributed by atoms with Crippen molar-refractivity contribution in [2.75, 3.05) is 13.4 Å². The van der Waals surface area contributed by atoms with E-state index in [-0.39, 0.29) is 5.75 Å². The zero-order valence-electron chi connectivity index (χ0n) is 9.95. The third-order valence-electron chi connectivity index (χ3n) is 2.41. The molecule has 2 heterocycles. The number of fused-ring (bicyclic) bond motifs is 1. The van der Waals surface area contributed by atoms with Gasteiger partial charge in [0.05, 0.1) is 30.3 Å². The van der Waals surface area contributed by atoms with E-state index in [9.17, 15) is 13.2 Å². The molecule has 0 aliphatic carbocycles. The lowest BCUT2D eigenvalue weighted by Gasteiger charge is -2.03. The first kappa shape index (κ1) is 12.6. The van der Waals surface area contributed by atoms with Gasteiger partial charge in [-0.25, -0.2) is 18.2 Å². The van der Waals surface area contributed by atoms with Crippen LogP contribution in [0.3, 0.4) is 0 Å². The molecule has 0 aliphatic heterocycles. The Labute approximate surface area is 104 Å². The maximum atomic E-state index is 11.4. The quantitative estimate of drug-likeness (QED) is 0.764. The molecule has 6 nitrogen and oxygen atoms in total. The van der Waals surface area contributed by atoms with Crippen LogP contribution in [0.4, 0.5) is 0 Å². The lowest BCUT2D eigenvalue weighted by molar-refractivity contribution is 0.0600. The predicted octanol–water partition coefficient (Wildman–Crippen LogP) is 0.665. The molecule has 0 saturated carbocycles. The van der Waals surface area contributed by atoms with Crippen LogP contribution in [-0.4, -0.2) is 37.1 Å². The Morgan fingerprint density at radius 2 is 2.17 bits per heavy atom. The maximum absolute atomic E-state index is 11.4. The minimum absolute atomic E-state index is 0.126. The summed E-state index contributed by atoms with van der Waals surface area (Å²) < 4.78 is 28.8. The van der Waals surface area contributed by atoms with E-state index in [1.807, 2.05) is 0 Å². The van der Waals surface area contributed by atoms with Gasteiger partial charge in [-0.15, -0.1) is 0 Å². The first-order chi connectivity index (χ1) is 8.40. The molecule has 0 saturated heterocycles. The fourth-order valence-electron chi connectivity index (χ4n) is 1.65. The third-order valence-corrected chi connectivity index (χ3v) is 3.23. The van der Waals surface area contributed by atoms with Gasteiger partial charge in [0, 0.05) is 12.5 Å². The largest absolute Gasteiger partial charge is 0.465 e. The Morgan fingerprint density at radius 3 is 2.78 bits per heavy atom. The van der Waals surface area contributed by atoms with Crippen molar-refractivity contribution in [1.82, 2.24) is 9.38 Å². The Kier molecular flexibility index (Phi) is 3.08. The van der Waals surface area contributed by atoms with E-state index in [0.29, 0.717) is 16.9 Å². The maximum Gasteiger partial charge on any atom is 0.339 e. The molecule has 96 valence electrons. The van der Waals surface area contributed by atoms with Crippen LogP contribution in [0.5, 0.6) is 0 Å². The van der Waals surface area contributed by atoms with Crippen molar-refractivity contribution in [3.63, 3.8) is 0 Å². The van der Waals surface area contributed by atoms with Gasteiger partial charge in [-0.05, 0) is 12.1 Å². The Morgan fingerprint density at radius 1 is 1.44 bits per heavy atom. The van der Waals surface area contributed by atoms with Gasteiger partial charge in [-0.1, -0.05) is 0 Å². The van der Waals surface area contributed by atoms with E-state index in [0.717, 1.165) is 6.26 Å². The molecule has 0 aromatic carbocycles. The monoisotopic (exact) mass is 268 g/mol. The number of sulfone groups is 1. The smallest absolute Gasteiger partial charge is 0.339 e. The molecular weight excluding hydrogens is 256 g/mol. The number of hydrogen-bond acceptors (Lipinski definition) is 5. The Hall–Kier alpha value is -1.89. The Balaban J connectivity index is 2.53. The summed E-state index contributed by atoms with van der Waals surface area (Å²) in [6, 6.07) is 3.22. The summed E-state index contributed by atoms with van der Waals surface area (Å²) in [5.74, 6) is -0.602. The fourth-order valence-corrected chi connectivity index (χ4v) is 2.40. The first-order valence-corrected chi connectivity index (χ1v) is 7.19. The van der Waals surface area contributed by atoms with Gasteiger partial charge in [-0.2, -0.15) is 0 Å².